The highest BCUT2D eigenvalue weighted by Gasteiger charge is 2.24. The van der Waals surface area contributed by atoms with Gasteiger partial charge in [-0.15, -0.1) is 0 Å². The molecule has 1 N–H and O–H groups in total. The van der Waals surface area contributed by atoms with Gasteiger partial charge in [-0.2, -0.15) is 0 Å². The molecule has 0 bridgehead atoms. The summed E-state index contributed by atoms with van der Waals surface area (Å²) in [5.41, 5.74) is 9.43. The molecule has 5 rings (SSSR count). The van der Waals surface area contributed by atoms with Gasteiger partial charge in [-0.25, -0.2) is 4.79 Å². The lowest BCUT2D eigenvalue weighted by atomic mass is 9.88. The van der Waals surface area contributed by atoms with Crippen LogP contribution in [0.1, 0.15) is 76.8 Å². The lowest BCUT2D eigenvalue weighted by Gasteiger charge is -2.23. The van der Waals surface area contributed by atoms with Crippen molar-refractivity contribution >= 4 is 18.1 Å². The van der Waals surface area contributed by atoms with Crippen molar-refractivity contribution in [2.75, 3.05) is 20.3 Å². The minimum atomic E-state index is -0.972. The molecule has 0 heterocycles. The SMILES string of the molecule is CCCc1ccc2c(c1)C=Cc1ccc(C(C)c3ccccc3)cc1C2OCCOc1ccc(CC(OC)C(=O)O)cc1. The van der Waals surface area contributed by atoms with Gasteiger partial charge in [0.1, 0.15) is 18.5 Å². The Morgan fingerprint density at radius 2 is 1.56 bits per heavy atom. The number of benzene rings is 4. The molecule has 4 aromatic rings. The number of hydrogen-bond acceptors (Lipinski definition) is 4. The van der Waals surface area contributed by atoms with E-state index in [1.165, 1.54) is 29.4 Å². The molecule has 3 atom stereocenters. The third-order valence-electron chi connectivity index (χ3n) is 8.15. The van der Waals surface area contributed by atoms with Crippen LogP contribution in [0.3, 0.4) is 0 Å². The highest BCUT2D eigenvalue weighted by atomic mass is 16.5. The molecule has 0 spiro atoms. The van der Waals surface area contributed by atoms with Crippen LogP contribution in [-0.4, -0.2) is 37.5 Å². The van der Waals surface area contributed by atoms with E-state index in [0.717, 1.165) is 35.1 Å². The van der Waals surface area contributed by atoms with Crippen molar-refractivity contribution in [2.45, 2.75) is 51.2 Å². The Morgan fingerprint density at radius 3 is 2.28 bits per heavy atom. The number of hydrogen-bond donors (Lipinski definition) is 1. The zero-order valence-corrected chi connectivity index (χ0v) is 25.2. The molecule has 4 aromatic carbocycles. The number of aliphatic carboxylic acids is 1. The van der Waals surface area contributed by atoms with Crippen LogP contribution >= 0.6 is 0 Å². The van der Waals surface area contributed by atoms with Gasteiger partial charge in [0.15, 0.2) is 6.10 Å². The summed E-state index contributed by atoms with van der Waals surface area (Å²) in [6, 6.07) is 31.6. The Bertz CT molecular complexity index is 1540. The fraction of sp³-hybridized carbons (Fsp3) is 0.289. The van der Waals surface area contributed by atoms with Crippen molar-refractivity contribution in [3.05, 3.63) is 136 Å². The average molecular weight is 577 g/mol. The van der Waals surface area contributed by atoms with Gasteiger partial charge in [0.05, 0.1) is 6.61 Å². The van der Waals surface area contributed by atoms with Gasteiger partial charge >= 0.3 is 5.97 Å². The summed E-state index contributed by atoms with van der Waals surface area (Å²) in [4.78, 5) is 11.3. The van der Waals surface area contributed by atoms with Crippen LogP contribution in [0, 0.1) is 0 Å². The summed E-state index contributed by atoms with van der Waals surface area (Å²) in [7, 11) is 1.41. The van der Waals surface area contributed by atoms with Crippen molar-refractivity contribution in [1.29, 1.82) is 0 Å². The van der Waals surface area contributed by atoms with Gasteiger partial charge in [-0.05, 0) is 63.1 Å². The number of ether oxygens (including phenoxy) is 3. The monoisotopic (exact) mass is 576 g/mol. The quantitative estimate of drug-likeness (QED) is 0.163. The number of rotatable bonds is 13. The Kier molecular flexibility index (Phi) is 10.1. The summed E-state index contributed by atoms with van der Waals surface area (Å²) < 4.78 is 17.7. The first-order valence-electron chi connectivity index (χ1n) is 15.1. The normalized spacial score (nSPS) is 15.2. The van der Waals surface area contributed by atoms with Crippen LogP contribution in [0.25, 0.3) is 12.2 Å². The van der Waals surface area contributed by atoms with E-state index in [1.807, 2.05) is 24.3 Å². The van der Waals surface area contributed by atoms with Gasteiger partial charge in [0, 0.05) is 19.4 Å². The number of methoxy groups -OCH3 is 1. The second-order valence-corrected chi connectivity index (χ2v) is 11.1. The highest BCUT2D eigenvalue weighted by Crippen LogP contribution is 2.38. The number of fused-ring (bicyclic) bond motifs is 2. The molecule has 0 saturated carbocycles. The van der Waals surface area contributed by atoms with E-state index in [1.54, 1.807) is 0 Å². The first kappa shape index (κ1) is 30.3. The molecule has 5 nitrogen and oxygen atoms in total. The summed E-state index contributed by atoms with van der Waals surface area (Å²) in [5.74, 6) is -0.00465. The molecule has 1 aliphatic carbocycles. The van der Waals surface area contributed by atoms with Crippen LogP contribution in [0.2, 0.25) is 0 Å². The minimum Gasteiger partial charge on any atom is -0.491 e. The van der Waals surface area contributed by atoms with Crippen LogP contribution < -0.4 is 4.74 Å². The first-order chi connectivity index (χ1) is 21.0. The maximum Gasteiger partial charge on any atom is 0.333 e. The predicted octanol–water partition coefficient (Wildman–Crippen LogP) is 8.10. The zero-order valence-electron chi connectivity index (χ0n) is 25.2. The molecule has 1 aliphatic rings. The van der Waals surface area contributed by atoms with E-state index < -0.39 is 12.1 Å². The molecule has 222 valence electrons. The van der Waals surface area contributed by atoms with E-state index in [4.69, 9.17) is 14.2 Å². The van der Waals surface area contributed by atoms with E-state index in [2.05, 4.69) is 92.7 Å². The Hall–Kier alpha value is -4.19. The summed E-state index contributed by atoms with van der Waals surface area (Å²) in [6.45, 7) is 5.25. The third kappa shape index (κ3) is 7.42. The Balaban J connectivity index is 1.34. The first-order valence-corrected chi connectivity index (χ1v) is 15.1. The van der Waals surface area contributed by atoms with E-state index in [9.17, 15) is 9.90 Å². The largest absolute Gasteiger partial charge is 0.491 e. The zero-order chi connectivity index (χ0) is 30.2. The lowest BCUT2D eigenvalue weighted by Crippen LogP contribution is -2.24. The molecule has 43 heavy (non-hydrogen) atoms. The molecular formula is C38H40O5. The number of aryl methyl sites for hydroxylation is 1. The number of carboxylic acid groups (broad SMARTS) is 1. The van der Waals surface area contributed by atoms with Gasteiger partial charge in [-0.1, -0.05) is 111 Å². The van der Waals surface area contributed by atoms with E-state index >= 15 is 0 Å². The molecule has 0 aromatic heterocycles. The van der Waals surface area contributed by atoms with Crippen LogP contribution in [0.5, 0.6) is 5.75 Å². The molecule has 0 saturated heterocycles. The van der Waals surface area contributed by atoms with Crippen LogP contribution in [0.4, 0.5) is 0 Å². The predicted molar refractivity (Wildman–Crippen MR) is 172 cm³/mol. The second-order valence-electron chi connectivity index (χ2n) is 11.1. The Labute approximate surface area is 254 Å². The minimum absolute atomic E-state index is 0.230. The van der Waals surface area contributed by atoms with Crippen molar-refractivity contribution in [3.63, 3.8) is 0 Å². The molecule has 0 aliphatic heterocycles. The van der Waals surface area contributed by atoms with Gasteiger partial charge in [0.25, 0.3) is 0 Å². The highest BCUT2D eigenvalue weighted by molar-refractivity contribution is 5.77. The van der Waals surface area contributed by atoms with E-state index in [0.29, 0.717) is 25.4 Å². The van der Waals surface area contributed by atoms with Gasteiger partial charge < -0.3 is 19.3 Å². The standard InChI is InChI=1S/C38H40O5/c1-4-8-27-13-20-34-32(23-27)17-15-30-14-16-31(26(2)29-9-6-5-7-10-29)25-35(30)37(34)43-22-21-42-33-18-11-28(12-19-33)24-36(41-3)38(39)40/h5-7,9-20,23,25-26,36-37H,4,8,21-22,24H2,1-3H3,(H,39,40). The van der Waals surface area contributed by atoms with Crippen molar-refractivity contribution in [2.24, 2.45) is 0 Å². The summed E-state index contributed by atoms with van der Waals surface area (Å²) >= 11 is 0. The van der Waals surface area contributed by atoms with Crippen molar-refractivity contribution in [3.8, 4) is 5.75 Å². The fourth-order valence-corrected chi connectivity index (χ4v) is 5.69. The van der Waals surface area contributed by atoms with Gasteiger partial charge in [-0.3, -0.25) is 0 Å². The fourth-order valence-electron chi connectivity index (χ4n) is 5.69. The second kappa shape index (κ2) is 14.3. The summed E-state index contributed by atoms with van der Waals surface area (Å²) in [6.07, 6.45) is 5.78. The topological polar surface area (TPSA) is 65.0 Å². The molecular weight excluding hydrogens is 536 g/mol. The van der Waals surface area contributed by atoms with E-state index in [-0.39, 0.29) is 12.0 Å². The molecule has 3 unspecified atom stereocenters. The molecule has 0 fully saturated rings. The Morgan fingerprint density at radius 1 is 0.814 bits per heavy atom. The maximum absolute atomic E-state index is 11.3. The lowest BCUT2D eigenvalue weighted by molar-refractivity contribution is -0.148. The van der Waals surface area contributed by atoms with Crippen molar-refractivity contribution < 1.29 is 24.1 Å². The summed E-state index contributed by atoms with van der Waals surface area (Å²) in [5, 5.41) is 9.24. The average Bonchev–Trinajstić information content (AvgIpc) is 3.18. The third-order valence-corrected chi connectivity index (χ3v) is 8.15. The molecule has 5 heteroatoms. The van der Waals surface area contributed by atoms with Gasteiger partial charge in [0.2, 0.25) is 0 Å². The molecule has 0 amide bonds. The smallest absolute Gasteiger partial charge is 0.333 e. The molecule has 0 radical (unpaired) electrons. The van der Waals surface area contributed by atoms with Crippen LogP contribution in [-0.2, 0) is 27.1 Å². The number of carbonyl (C=O) groups is 1. The van der Waals surface area contributed by atoms with Crippen LogP contribution in [0.15, 0.2) is 91.0 Å². The maximum atomic E-state index is 11.3. The number of carboxylic acids is 1. The van der Waals surface area contributed by atoms with Crippen molar-refractivity contribution in [1.82, 2.24) is 0 Å².